The zero-order chi connectivity index (χ0) is 20.4. The Labute approximate surface area is 190 Å². The molecule has 0 aliphatic rings. The third-order valence-electron chi connectivity index (χ3n) is 4.86. The third kappa shape index (κ3) is 3.90. The normalized spacial score (nSPS) is 11.4. The van der Waals surface area contributed by atoms with Crippen LogP contribution < -0.4 is 4.48 Å². The molecule has 0 unspecified atom stereocenters. The Kier molecular flexibility index (Phi) is 5.87. The second-order valence-electron chi connectivity index (χ2n) is 6.58. The van der Waals surface area contributed by atoms with Gasteiger partial charge in [0.2, 0.25) is 0 Å². The van der Waals surface area contributed by atoms with Crippen LogP contribution in [-0.4, -0.2) is 0 Å². The topological polar surface area (TPSA) is 0 Å². The van der Waals surface area contributed by atoms with Gasteiger partial charge in [-0.05, 0) is 48.5 Å². The molecule has 0 fully saturated rings. The van der Waals surface area contributed by atoms with Gasteiger partial charge in [0.1, 0.15) is 22.7 Å². The molecule has 4 rings (SSSR count). The maximum Gasteiger partial charge on any atom is 0.148 e. The third-order valence-corrected chi connectivity index (χ3v) is 5.86. The lowest BCUT2D eigenvalue weighted by atomic mass is 10.1. The van der Waals surface area contributed by atoms with Crippen LogP contribution in [-0.2, 0) is 0 Å². The Balaban J connectivity index is 2.11. The van der Waals surface area contributed by atoms with E-state index in [9.17, 15) is 0 Å². The van der Waals surface area contributed by atoms with Gasteiger partial charge in [-0.25, -0.2) is 0 Å². The van der Waals surface area contributed by atoms with E-state index in [1.807, 2.05) is 97.1 Å². The molecule has 29 heavy (non-hydrogen) atoms. The van der Waals surface area contributed by atoms with Crippen LogP contribution in [0.25, 0.3) is 0 Å². The first-order valence-corrected chi connectivity index (χ1v) is 10.4. The van der Waals surface area contributed by atoms with Crippen LogP contribution >= 0.6 is 46.4 Å². The van der Waals surface area contributed by atoms with Crippen molar-refractivity contribution in [2.24, 2.45) is 0 Å². The van der Waals surface area contributed by atoms with E-state index in [0.717, 1.165) is 22.7 Å². The van der Waals surface area contributed by atoms with Crippen LogP contribution in [0.5, 0.6) is 0 Å². The van der Waals surface area contributed by atoms with E-state index in [4.69, 9.17) is 46.4 Å². The molecule has 144 valence electrons. The van der Waals surface area contributed by atoms with Gasteiger partial charge >= 0.3 is 0 Å². The van der Waals surface area contributed by atoms with Crippen molar-refractivity contribution in [1.82, 2.24) is 4.48 Å². The number of nitrogens with zero attached hydrogens (tertiary/aromatic N) is 1. The van der Waals surface area contributed by atoms with E-state index in [1.54, 1.807) is 0 Å². The van der Waals surface area contributed by atoms with Gasteiger partial charge in [-0.2, -0.15) is 4.48 Å². The fourth-order valence-electron chi connectivity index (χ4n) is 3.55. The molecule has 0 saturated carbocycles. The van der Waals surface area contributed by atoms with Crippen molar-refractivity contribution < 1.29 is 0 Å². The first-order chi connectivity index (χ1) is 14.0. The van der Waals surface area contributed by atoms with Gasteiger partial charge in [-0.1, -0.05) is 46.4 Å². The lowest BCUT2D eigenvalue weighted by Gasteiger charge is -2.37. The van der Waals surface area contributed by atoms with Crippen LogP contribution in [0.2, 0.25) is 20.1 Å². The minimum atomic E-state index is 0.322. The minimum Gasteiger partial charge on any atom is -0.194 e. The van der Waals surface area contributed by atoms with Crippen molar-refractivity contribution in [3.05, 3.63) is 117 Å². The summed E-state index contributed by atoms with van der Waals surface area (Å²) in [5, 5.41) is 2.70. The molecule has 0 radical (unpaired) electrons. The van der Waals surface area contributed by atoms with Gasteiger partial charge in [0.05, 0.1) is 0 Å². The fraction of sp³-hybridized carbons (Fsp3) is 0. The smallest absolute Gasteiger partial charge is 0.148 e. The summed E-state index contributed by atoms with van der Waals surface area (Å²) in [6.45, 7) is 0. The molecule has 0 atom stereocenters. The highest BCUT2D eigenvalue weighted by molar-refractivity contribution is 6.31. The standard InChI is InChI=1S/C24H16Cl4N/c25-17-1-9-21(10-2-17)29(22-11-3-18(26)4-12-22,23-13-5-19(27)6-14-23)24-15-7-20(28)8-16-24/h1-16H/q+1. The van der Waals surface area contributed by atoms with Gasteiger partial charge in [-0.15, -0.1) is 0 Å². The molecular weight excluding hydrogens is 444 g/mol. The maximum atomic E-state index is 6.20. The highest BCUT2D eigenvalue weighted by Crippen LogP contribution is 2.51. The Bertz CT molecular complexity index is 916. The van der Waals surface area contributed by atoms with Crippen molar-refractivity contribution >= 4 is 69.2 Å². The van der Waals surface area contributed by atoms with E-state index in [-0.39, 0.29) is 0 Å². The molecule has 0 bridgehead atoms. The summed E-state index contributed by atoms with van der Waals surface area (Å²) in [6, 6.07) is 31.4. The molecule has 1 nitrogen and oxygen atoms in total. The summed E-state index contributed by atoms with van der Waals surface area (Å²) in [5.41, 5.74) is 4.06. The summed E-state index contributed by atoms with van der Waals surface area (Å²) in [5.74, 6) is 0. The SMILES string of the molecule is Clc1ccc([N+](c2ccc(Cl)cc2)(c2ccc(Cl)cc2)c2ccc(Cl)cc2)cc1. The van der Waals surface area contributed by atoms with Crippen molar-refractivity contribution in [1.29, 1.82) is 0 Å². The van der Waals surface area contributed by atoms with Crippen LogP contribution in [0.3, 0.4) is 0 Å². The fourth-order valence-corrected chi connectivity index (χ4v) is 4.06. The van der Waals surface area contributed by atoms with Crippen LogP contribution in [0.4, 0.5) is 22.7 Å². The Morgan fingerprint density at radius 2 is 0.483 bits per heavy atom. The van der Waals surface area contributed by atoms with E-state index in [1.165, 1.54) is 0 Å². The highest BCUT2D eigenvalue weighted by Gasteiger charge is 2.39. The number of benzene rings is 4. The van der Waals surface area contributed by atoms with Crippen molar-refractivity contribution in [3.8, 4) is 0 Å². The molecule has 4 aromatic carbocycles. The average Bonchev–Trinajstić information content (AvgIpc) is 2.73. The van der Waals surface area contributed by atoms with Gasteiger partial charge in [0.25, 0.3) is 0 Å². The molecule has 0 aliphatic heterocycles. The van der Waals surface area contributed by atoms with Crippen molar-refractivity contribution in [2.75, 3.05) is 0 Å². The summed E-state index contributed by atoms with van der Waals surface area (Å²) in [6.07, 6.45) is 0. The summed E-state index contributed by atoms with van der Waals surface area (Å²) in [4.78, 5) is 0. The zero-order valence-corrected chi connectivity index (χ0v) is 18.2. The van der Waals surface area contributed by atoms with Gasteiger partial charge in [0.15, 0.2) is 0 Å². The summed E-state index contributed by atoms with van der Waals surface area (Å²) < 4.78 is 0.322. The monoisotopic (exact) mass is 458 g/mol. The first kappa shape index (κ1) is 20.3. The van der Waals surface area contributed by atoms with Crippen LogP contribution in [0.15, 0.2) is 97.1 Å². The van der Waals surface area contributed by atoms with E-state index in [2.05, 4.69) is 0 Å². The largest absolute Gasteiger partial charge is 0.194 e. The van der Waals surface area contributed by atoms with E-state index < -0.39 is 0 Å². The molecule has 0 aliphatic carbocycles. The summed E-state index contributed by atoms with van der Waals surface area (Å²) >= 11 is 24.8. The first-order valence-electron chi connectivity index (χ1n) is 8.94. The predicted octanol–water partition coefficient (Wildman–Crippen LogP) is 9.60. The molecule has 4 aromatic rings. The molecule has 0 N–H and O–H groups in total. The second kappa shape index (κ2) is 8.39. The van der Waals surface area contributed by atoms with Gasteiger partial charge < -0.3 is 0 Å². The molecule has 0 amide bonds. The minimum absolute atomic E-state index is 0.322. The Morgan fingerprint density at radius 1 is 0.310 bits per heavy atom. The lowest BCUT2D eigenvalue weighted by molar-refractivity contribution is 0.704. The van der Waals surface area contributed by atoms with Gasteiger partial charge in [0, 0.05) is 68.6 Å². The Hall–Kier alpha value is -2.00. The maximum absolute atomic E-state index is 6.20. The van der Waals surface area contributed by atoms with Crippen molar-refractivity contribution in [3.63, 3.8) is 0 Å². The molecular formula is C24H16Cl4N+. The summed E-state index contributed by atoms with van der Waals surface area (Å²) in [7, 11) is 0. The number of rotatable bonds is 4. The zero-order valence-electron chi connectivity index (χ0n) is 15.2. The quantitative estimate of drug-likeness (QED) is 0.266. The molecule has 0 saturated heterocycles. The van der Waals surface area contributed by atoms with E-state index in [0.29, 0.717) is 24.6 Å². The Morgan fingerprint density at radius 3 is 0.655 bits per heavy atom. The van der Waals surface area contributed by atoms with E-state index >= 15 is 0 Å². The van der Waals surface area contributed by atoms with Crippen LogP contribution in [0, 0.1) is 0 Å². The average molecular weight is 460 g/mol. The van der Waals surface area contributed by atoms with Gasteiger partial charge in [-0.3, -0.25) is 0 Å². The predicted molar refractivity (Wildman–Crippen MR) is 127 cm³/mol. The molecule has 0 aromatic heterocycles. The number of halogens is 4. The number of hydrogen-bond acceptors (Lipinski definition) is 0. The number of quaternary nitrogens is 1. The molecule has 0 spiro atoms. The second-order valence-corrected chi connectivity index (χ2v) is 8.32. The lowest BCUT2D eigenvalue weighted by Crippen LogP contribution is -2.33. The highest BCUT2D eigenvalue weighted by atomic mass is 35.5. The molecule has 5 heteroatoms. The number of hydrogen-bond donors (Lipinski definition) is 0. The van der Waals surface area contributed by atoms with Crippen LogP contribution in [0.1, 0.15) is 0 Å². The molecule has 0 heterocycles. The van der Waals surface area contributed by atoms with Crippen molar-refractivity contribution in [2.45, 2.75) is 0 Å².